The highest BCUT2D eigenvalue weighted by Crippen LogP contribution is 2.40. The van der Waals surface area contributed by atoms with E-state index in [-0.39, 0.29) is 0 Å². The first kappa shape index (κ1) is 18.5. The predicted octanol–water partition coefficient (Wildman–Crippen LogP) is 2.70. The summed E-state index contributed by atoms with van der Waals surface area (Å²) >= 11 is 0. The Bertz CT molecular complexity index is 718. The van der Waals surface area contributed by atoms with Crippen LogP contribution in [0.3, 0.4) is 0 Å². The fourth-order valence-corrected chi connectivity index (χ4v) is 3.33. The fourth-order valence-electron chi connectivity index (χ4n) is 3.33. The Morgan fingerprint density at radius 1 is 1.04 bits per heavy atom. The molecular formula is C20H27N3O3. The Balaban J connectivity index is 1.85. The average molecular weight is 357 g/mol. The number of hydrogen-bond acceptors (Lipinski definition) is 6. The van der Waals surface area contributed by atoms with E-state index in [0.717, 1.165) is 43.7 Å². The number of nitrogens with zero attached hydrogens (tertiary/aromatic N) is 2. The van der Waals surface area contributed by atoms with E-state index in [1.165, 1.54) is 5.56 Å². The number of ether oxygens (including phenoxy) is 3. The quantitative estimate of drug-likeness (QED) is 0.857. The van der Waals surface area contributed by atoms with Gasteiger partial charge in [0.15, 0.2) is 11.5 Å². The van der Waals surface area contributed by atoms with Crippen LogP contribution < -0.4 is 19.9 Å². The molecule has 0 unspecified atom stereocenters. The summed E-state index contributed by atoms with van der Waals surface area (Å²) in [5.41, 5.74) is 9.05. The maximum atomic E-state index is 6.00. The average Bonchev–Trinajstić information content (AvgIpc) is 2.68. The summed E-state index contributed by atoms with van der Waals surface area (Å²) in [6.45, 7) is 3.00. The van der Waals surface area contributed by atoms with Gasteiger partial charge in [-0.15, -0.1) is 0 Å². The molecule has 1 saturated heterocycles. The summed E-state index contributed by atoms with van der Waals surface area (Å²) in [4.78, 5) is 6.97. The van der Waals surface area contributed by atoms with Crippen LogP contribution in [0.1, 0.15) is 18.4 Å². The maximum Gasteiger partial charge on any atom is 0.203 e. The zero-order valence-corrected chi connectivity index (χ0v) is 15.7. The van der Waals surface area contributed by atoms with E-state index in [9.17, 15) is 0 Å². The second-order valence-electron chi connectivity index (χ2n) is 6.58. The lowest BCUT2D eigenvalue weighted by Gasteiger charge is -2.30. The Morgan fingerprint density at radius 2 is 1.69 bits per heavy atom. The first-order valence-corrected chi connectivity index (χ1v) is 8.88. The number of aromatic nitrogens is 1. The second-order valence-corrected chi connectivity index (χ2v) is 6.58. The molecule has 2 N–H and O–H groups in total. The minimum absolute atomic E-state index is 0.346. The zero-order chi connectivity index (χ0) is 18.5. The van der Waals surface area contributed by atoms with E-state index < -0.39 is 0 Å². The second kappa shape index (κ2) is 8.38. The van der Waals surface area contributed by atoms with Crippen LogP contribution in [-0.4, -0.2) is 50.3 Å². The topological polar surface area (TPSA) is 69.8 Å². The number of methoxy groups -OCH3 is 3. The molecule has 6 nitrogen and oxygen atoms in total. The van der Waals surface area contributed by atoms with Crippen LogP contribution in [-0.2, 0) is 6.54 Å². The summed E-state index contributed by atoms with van der Waals surface area (Å²) in [6, 6.07) is 8.38. The Morgan fingerprint density at radius 3 is 2.27 bits per heavy atom. The number of likely N-dealkylation sites (tertiary alicyclic amines) is 1. The standard InChI is InChI=1S/C20H27N3O3/c1-24-18-11-15(12-19(25-2)20(18)26-3)17-10-14(4-7-22-17)13-23-8-5-16(21)6-9-23/h4,7,10-12,16H,5-6,8-9,13,21H2,1-3H3. The van der Waals surface area contributed by atoms with Crippen LogP contribution in [0, 0.1) is 0 Å². The summed E-state index contributed by atoms with van der Waals surface area (Å²) in [5, 5.41) is 0. The molecule has 0 saturated carbocycles. The van der Waals surface area contributed by atoms with Gasteiger partial charge >= 0.3 is 0 Å². The third kappa shape index (κ3) is 4.08. The van der Waals surface area contributed by atoms with Gasteiger partial charge in [-0.3, -0.25) is 9.88 Å². The van der Waals surface area contributed by atoms with Gasteiger partial charge in [-0.25, -0.2) is 0 Å². The van der Waals surface area contributed by atoms with Gasteiger partial charge in [-0.2, -0.15) is 0 Å². The molecule has 0 spiro atoms. The summed E-state index contributed by atoms with van der Waals surface area (Å²) in [5.74, 6) is 1.83. The third-order valence-electron chi connectivity index (χ3n) is 4.82. The molecule has 1 aliphatic rings. The lowest BCUT2D eigenvalue weighted by molar-refractivity contribution is 0.205. The third-order valence-corrected chi connectivity index (χ3v) is 4.82. The van der Waals surface area contributed by atoms with Gasteiger partial charge in [-0.05, 0) is 55.8 Å². The van der Waals surface area contributed by atoms with Crippen molar-refractivity contribution in [1.82, 2.24) is 9.88 Å². The van der Waals surface area contributed by atoms with Crippen LogP contribution in [0.25, 0.3) is 11.3 Å². The summed E-state index contributed by atoms with van der Waals surface area (Å²) in [6.07, 6.45) is 3.97. The minimum atomic E-state index is 0.346. The van der Waals surface area contributed by atoms with Crippen molar-refractivity contribution >= 4 is 0 Å². The lowest BCUT2D eigenvalue weighted by atomic mass is 10.0. The number of pyridine rings is 1. The van der Waals surface area contributed by atoms with Gasteiger partial charge in [0.2, 0.25) is 5.75 Å². The van der Waals surface area contributed by atoms with Crippen molar-refractivity contribution in [3.05, 3.63) is 36.0 Å². The molecule has 0 atom stereocenters. The van der Waals surface area contributed by atoms with E-state index >= 15 is 0 Å². The molecule has 0 aliphatic carbocycles. The van der Waals surface area contributed by atoms with Gasteiger partial charge in [-0.1, -0.05) is 0 Å². The van der Waals surface area contributed by atoms with Gasteiger partial charge in [0, 0.05) is 24.3 Å². The molecule has 1 aliphatic heterocycles. The van der Waals surface area contributed by atoms with Crippen molar-refractivity contribution in [1.29, 1.82) is 0 Å². The Hall–Kier alpha value is -2.31. The van der Waals surface area contributed by atoms with Crippen LogP contribution in [0.5, 0.6) is 17.2 Å². The molecule has 2 heterocycles. The predicted molar refractivity (Wildman–Crippen MR) is 102 cm³/mol. The fraction of sp³-hybridized carbons (Fsp3) is 0.450. The van der Waals surface area contributed by atoms with E-state index in [1.54, 1.807) is 21.3 Å². The Labute approximate surface area is 154 Å². The lowest BCUT2D eigenvalue weighted by Crippen LogP contribution is -2.39. The van der Waals surface area contributed by atoms with Gasteiger partial charge in [0.25, 0.3) is 0 Å². The van der Waals surface area contributed by atoms with E-state index in [0.29, 0.717) is 23.3 Å². The number of nitrogens with two attached hydrogens (primary N) is 1. The highest BCUT2D eigenvalue weighted by atomic mass is 16.5. The maximum absolute atomic E-state index is 6.00. The van der Waals surface area contributed by atoms with E-state index in [1.807, 2.05) is 18.3 Å². The van der Waals surface area contributed by atoms with Crippen LogP contribution in [0.15, 0.2) is 30.5 Å². The molecule has 2 aromatic rings. The number of rotatable bonds is 6. The largest absolute Gasteiger partial charge is 0.493 e. The van der Waals surface area contributed by atoms with Crippen molar-refractivity contribution in [3.63, 3.8) is 0 Å². The normalized spacial score (nSPS) is 15.7. The van der Waals surface area contributed by atoms with E-state index in [2.05, 4.69) is 22.0 Å². The molecule has 6 heteroatoms. The van der Waals surface area contributed by atoms with Gasteiger partial charge in [0.05, 0.1) is 27.0 Å². The number of benzene rings is 1. The van der Waals surface area contributed by atoms with Crippen molar-refractivity contribution in [2.75, 3.05) is 34.4 Å². The Kier molecular flexibility index (Phi) is 5.96. The molecular weight excluding hydrogens is 330 g/mol. The SMILES string of the molecule is COc1cc(-c2cc(CN3CCC(N)CC3)ccn2)cc(OC)c1OC. The van der Waals surface area contributed by atoms with Gasteiger partial charge < -0.3 is 19.9 Å². The molecule has 1 aromatic heterocycles. The van der Waals surface area contributed by atoms with Crippen molar-refractivity contribution in [2.24, 2.45) is 5.73 Å². The highest BCUT2D eigenvalue weighted by molar-refractivity contribution is 5.69. The number of hydrogen-bond donors (Lipinski definition) is 1. The molecule has 3 rings (SSSR count). The van der Waals surface area contributed by atoms with Crippen molar-refractivity contribution < 1.29 is 14.2 Å². The molecule has 0 bridgehead atoms. The first-order chi connectivity index (χ1) is 12.6. The molecule has 0 radical (unpaired) electrons. The van der Waals surface area contributed by atoms with Gasteiger partial charge in [0.1, 0.15) is 0 Å². The van der Waals surface area contributed by atoms with Crippen LogP contribution in [0.2, 0.25) is 0 Å². The summed E-state index contributed by atoms with van der Waals surface area (Å²) in [7, 11) is 4.83. The van der Waals surface area contributed by atoms with Crippen molar-refractivity contribution in [3.8, 4) is 28.5 Å². The smallest absolute Gasteiger partial charge is 0.203 e. The van der Waals surface area contributed by atoms with E-state index in [4.69, 9.17) is 19.9 Å². The zero-order valence-electron chi connectivity index (χ0n) is 15.7. The number of piperidine rings is 1. The molecule has 140 valence electrons. The van der Waals surface area contributed by atoms with Crippen LogP contribution >= 0.6 is 0 Å². The monoisotopic (exact) mass is 357 g/mol. The molecule has 0 amide bonds. The molecule has 1 fully saturated rings. The van der Waals surface area contributed by atoms with Crippen LogP contribution in [0.4, 0.5) is 0 Å². The van der Waals surface area contributed by atoms with Crippen molar-refractivity contribution in [2.45, 2.75) is 25.4 Å². The molecule has 26 heavy (non-hydrogen) atoms. The molecule has 1 aromatic carbocycles. The highest BCUT2D eigenvalue weighted by Gasteiger charge is 2.17. The first-order valence-electron chi connectivity index (χ1n) is 8.88. The summed E-state index contributed by atoms with van der Waals surface area (Å²) < 4.78 is 16.3. The minimum Gasteiger partial charge on any atom is -0.493 e.